The van der Waals surface area contributed by atoms with Gasteiger partial charge in [0.25, 0.3) is 0 Å². The van der Waals surface area contributed by atoms with Crippen molar-refractivity contribution in [2.75, 3.05) is 18.1 Å². The molecule has 5 heteroatoms. The molecule has 0 aromatic heterocycles. The predicted molar refractivity (Wildman–Crippen MR) is 43.6 cm³/mol. The van der Waals surface area contributed by atoms with Crippen LogP contribution in [0.4, 0.5) is 0 Å². The molecule has 0 aromatic rings. The van der Waals surface area contributed by atoms with E-state index in [-0.39, 0.29) is 17.3 Å². The molecule has 4 nitrogen and oxygen atoms in total. The van der Waals surface area contributed by atoms with Gasteiger partial charge in [0.1, 0.15) is 5.78 Å². The minimum atomic E-state index is -2.88. The molecule has 2 fully saturated rings. The predicted octanol–water partition coefficient (Wildman–Crippen LogP) is -0.894. The summed E-state index contributed by atoms with van der Waals surface area (Å²) in [5.41, 5.74) is -0.393. The molecule has 1 spiro atoms. The van der Waals surface area contributed by atoms with E-state index in [9.17, 15) is 13.2 Å². The summed E-state index contributed by atoms with van der Waals surface area (Å²) >= 11 is 0. The van der Waals surface area contributed by atoms with E-state index in [1.54, 1.807) is 0 Å². The average Bonchev–Trinajstić information content (AvgIpc) is 2.41. The molecule has 1 atom stereocenters. The topological polar surface area (TPSA) is 63.2 Å². The van der Waals surface area contributed by atoms with Gasteiger partial charge in [0, 0.05) is 12.0 Å². The zero-order valence-electron chi connectivity index (χ0n) is 6.67. The molecule has 2 saturated heterocycles. The summed E-state index contributed by atoms with van der Waals surface area (Å²) in [6.45, 7) is 0.343. The number of carbonyl (C=O) groups excluding carboxylic acids is 1. The normalized spacial score (nSPS) is 39.5. The first-order chi connectivity index (χ1) is 5.52. The molecule has 1 N–H and O–H groups in total. The summed E-state index contributed by atoms with van der Waals surface area (Å²) in [6.07, 6.45) is 0.993. The van der Waals surface area contributed by atoms with Gasteiger partial charge in [-0.3, -0.25) is 4.79 Å². The lowest BCUT2D eigenvalue weighted by Crippen LogP contribution is -2.40. The standard InChI is InChI=1S/C7H11NO3S/c9-6-3-7(8-4-6)1-2-12(10,11)5-7/h8H,1-5H2. The maximum Gasteiger partial charge on any atom is 0.152 e. The first kappa shape index (κ1) is 8.19. The molecule has 2 aliphatic rings. The molecule has 68 valence electrons. The van der Waals surface area contributed by atoms with E-state index in [4.69, 9.17) is 0 Å². The Morgan fingerprint density at radius 3 is 2.58 bits per heavy atom. The minimum absolute atomic E-state index is 0.132. The number of sulfone groups is 1. The van der Waals surface area contributed by atoms with Crippen LogP contribution in [0.15, 0.2) is 0 Å². The van der Waals surface area contributed by atoms with E-state index in [0.29, 0.717) is 19.4 Å². The van der Waals surface area contributed by atoms with Crippen LogP contribution in [-0.2, 0) is 14.6 Å². The quantitative estimate of drug-likeness (QED) is 0.536. The van der Waals surface area contributed by atoms with Gasteiger partial charge in [-0.05, 0) is 6.42 Å². The zero-order valence-corrected chi connectivity index (χ0v) is 7.49. The lowest BCUT2D eigenvalue weighted by molar-refractivity contribution is -0.116. The molecule has 0 radical (unpaired) electrons. The number of carbonyl (C=O) groups is 1. The third-order valence-corrected chi connectivity index (χ3v) is 4.40. The van der Waals surface area contributed by atoms with E-state index >= 15 is 0 Å². The van der Waals surface area contributed by atoms with Crippen LogP contribution in [0.5, 0.6) is 0 Å². The Morgan fingerprint density at radius 1 is 1.42 bits per heavy atom. The summed E-state index contributed by atoms with van der Waals surface area (Å²) in [5, 5.41) is 3.01. The lowest BCUT2D eigenvalue weighted by atomic mass is 9.97. The molecule has 12 heavy (non-hydrogen) atoms. The number of Topliss-reactive ketones (excluding diaryl/α,β-unsaturated/α-hetero) is 1. The monoisotopic (exact) mass is 189 g/mol. The van der Waals surface area contributed by atoms with E-state index in [1.165, 1.54) is 0 Å². The third-order valence-electron chi connectivity index (χ3n) is 2.58. The smallest absolute Gasteiger partial charge is 0.152 e. The second kappa shape index (κ2) is 2.29. The minimum Gasteiger partial charge on any atom is -0.303 e. The Balaban J connectivity index is 2.22. The molecule has 0 amide bonds. The van der Waals surface area contributed by atoms with Gasteiger partial charge in [-0.1, -0.05) is 0 Å². The van der Waals surface area contributed by atoms with Crippen molar-refractivity contribution in [3.05, 3.63) is 0 Å². The first-order valence-corrected chi connectivity index (χ1v) is 5.81. The molecule has 2 heterocycles. The third kappa shape index (κ3) is 1.27. The SMILES string of the molecule is O=C1CNC2(CCS(=O)(=O)C2)C1. The molecule has 2 aliphatic heterocycles. The van der Waals surface area contributed by atoms with Crippen LogP contribution < -0.4 is 5.32 Å². The van der Waals surface area contributed by atoms with Gasteiger partial charge < -0.3 is 5.32 Å². The maximum absolute atomic E-state index is 11.1. The van der Waals surface area contributed by atoms with Crippen LogP contribution in [0.25, 0.3) is 0 Å². The summed E-state index contributed by atoms with van der Waals surface area (Å²) in [5.74, 6) is 0.506. The molecular formula is C7H11NO3S. The van der Waals surface area contributed by atoms with Gasteiger partial charge in [-0.25, -0.2) is 8.42 Å². The van der Waals surface area contributed by atoms with Gasteiger partial charge in [0.15, 0.2) is 9.84 Å². The largest absolute Gasteiger partial charge is 0.303 e. The van der Waals surface area contributed by atoms with Crippen molar-refractivity contribution in [2.24, 2.45) is 0 Å². The van der Waals surface area contributed by atoms with Gasteiger partial charge in [-0.15, -0.1) is 0 Å². The second-order valence-electron chi connectivity index (χ2n) is 3.69. The van der Waals surface area contributed by atoms with E-state index in [1.807, 2.05) is 0 Å². The lowest BCUT2D eigenvalue weighted by Gasteiger charge is -2.19. The number of ketones is 1. The molecule has 0 aromatic carbocycles. The van der Waals surface area contributed by atoms with Crippen molar-refractivity contribution in [3.8, 4) is 0 Å². The van der Waals surface area contributed by atoms with Crippen molar-refractivity contribution >= 4 is 15.6 Å². The zero-order chi connectivity index (χ0) is 8.82. The molecule has 0 saturated carbocycles. The highest BCUT2D eigenvalue weighted by Gasteiger charge is 2.46. The van der Waals surface area contributed by atoms with Crippen LogP contribution in [0, 0.1) is 0 Å². The van der Waals surface area contributed by atoms with Gasteiger partial charge in [0.2, 0.25) is 0 Å². The van der Waals surface area contributed by atoms with Gasteiger partial charge in [-0.2, -0.15) is 0 Å². The summed E-state index contributed by atoms with van der Waals surface area (Å²) < 4.78 is 22.3. The van der Waals surface area contributed by atoms with Crippen LogP contribution in [-0.4, -0.2) is 37.8 Å². The van der Waals surface area contributed by atoms with E-state index in [0.717, 1.165) is 0 Å². The van der Waals surface area contributed by atoms with Crippen molar-refractivity contribution in [2.45, 2.75) is 18.4 Å². The number of rotatable bonds is 0. The Labute approximate surface area is 71.3 Å². The van der Waals surface area contributed by atoms with Crippen molar-refractivity contribution in [3.63, 3.8) is 0 Å². The fraction of sp³-hybridized carbons (Fsp3) is 0.857. The fourth-order valence-corrected chi connectivity index (χ4v) is 4.02. The summed E-state index contributed by atoms with van der Waals surface area (Å²) in [4.78, 5) is 11.0. The molecule has 0 bridgehead atoms. The Kier molecular flexibility index (Phi) is 1.56. The highest BCUT2D eigenvalue weighted by atomic mass is 32.2. The molecule has 2 rings (SSSR count). The van der Waals surface area contributed by atoms with Crippen LogP contribution in [0.2, 0.25) is 0 Å². The number of hydrogen-bond donors (Lipinski definition) is 1. The van der Waals surface area contributed by atoms with Crippen LogP contribution in [0.3, 0.4) is 0 Å². The number of nitrogens with one attached hydrogen (secondary N) is 1. The Morgan fingerprint density at radius 2 is 2.17 bits per heavy atom. The van der Waals surface area contributed by atoms with Crippen LogP contribution in [0.1, 0.15) is 12.8 Å². The molecule has 1 unspecified atom stereocenters. The van der Waals surface area contributed by atoms with E-state index < -0.39 is 15.4 Å². The fourth-order valence-electron chi connectivity index (χ4n) is 1.98. The Bertz CT molecular complexity index is 322. The Hall–Kier alpha value is -0.420. The molecular weight excluding hydrogens is 178 g/mol. The van der Waals surface area contributed by atoms with Crippen LogP contribution >= 0.6 is 0 Å². The molecule has 0 aliphatic carbocycles. The highest BCUT2D eigenvalue weighted by Crippen LogP contribution is 2.29. The first-order valence-electron chi connectivity index (χ1n) is 3.99. The van der Waals surface area contributed by atoms with E-state index in [2.05, 4.69) is 5.32 Å². The summed E-state index contributed by atoms with van der Waals surface area (Å²) in [7, 11) is -2.88. The van der Waals surface area contributed by atoms with Crippen molar-refractivity contribution in [1.29, 1.82) is 0 Å². The average molecular weight is 189 g/mol. The second-order valence-corrected chi connectivity index (χ2v) is 5.88. The maximum atomic E-state index is 11.1. The van der Waals surface area contributed by atoms with Gasteiger partial charge in [0.05, 0.1) is 18.1 Å². The highest BCUT2D eigenvalue weighted by molar-refractivity contribution is 7.91. The van der Waals surface area contributed by atoms with Crippen molar-refractivity contribution in [1.82, 2.24) is 5.32 Å². The number of hydrogen-bond acceptors (Lipinski definition) is 4. The summed E-state index contributed by atoms with van der Waals surface area (Å²) in [6, 6.07) is 0. The van der Waals surface area contributed by atoms with Gasteiger partial charge >= 0.3 is 0 Å². The van der Waals surface area contributed by atoms with Crippen molar-refractivity contribution < 1.29 is 13.2 Å².